The van der Waals surface area contributed by atoms with Crippen molar-refractivity contribution in [1.29, 1.82) is 0 Å². The van der Waals surface area contributed by atoms with Crippen LogP contribution in [-0.2, 0) is 4.74 Å². The van der Waals surface area contributed by atoms with Gasteiger partial charge in [0.05, 0.1) is 6.61 Å². The molecule has 4 heteroatoms. The predicted octanol–water partition coefficient (Wildman–Crippen LogP) is 2.84. The van der Waals surface area contributed by atoms with E-state index in [9.17, 15) is 4.39 Å². The largest absolute Gasteiger partial charge is 0.383 e. The third-order valence-electron chi connectivity index (χ3n) is 2.00. The van der Waals surface area contributed by atoms with Gasteiger partial charge < -0.3 is 10.1 Å². The Morgan fingerprint density at radius 2 is 2.31 bits per heavy atom. The van der Waals surface area contributed by atoms with Crippen LogP contribution in [0.4, 0.5) is 4.39 Å². The van der Waals surface area contributed by atoms with Gasteiger partial charge in [-0.05, 0) is 23.8 Å². The van der Waals surface area contributed by atoms with E-state index in [1.807, 2.05) is 12.2 Å². The first kappa shape index (κ1) is 13.4. The van der Waals surface area contributed by atoms with E-state index in [2.05, 4.69) is 21.2 Å². The standard InChI is InChI=1S/C12H15BrFNO/c1-16-8-7-15-6-2-3-10-9-11(14)4-5-12(10)13/h2-5,9,15H,6-8H2,1H3/b3-2+. The zero-order valence-corrected chi connectivity index (χ0v) is 10.8. The maximum absolute atomic E-state index is 12.9. The fraction of sp³-hybridized carbons (Fsp3) is 0.333. The predicted molar refractivity (Wildman–Crippen MR) is 67.9 cm³/mol. The van der Waals surface area contributed by atoms with E-state index in [0.29, 0.717) is 6.61 Å². The topological polar surface area (TPSA) is 21.3 Å². The Balaban J connectivity index is 2.40. The van der Waals surface area contributed by atoms with Crippen molar-refractivity contribution in [3.8, 4) is 0 Å². The van der Waals surface area contributed by atoms with Gasteiger partial charge in [-0.3, -0.25) is 0 Å². The van der Waals surface area contributed by atoms with Crippen molar-refractivity contribution >= 4 is 22.0 Å². The van der Waals surface area contributed by atoms with Crippen molar-refractivity contribution in [1.82, 2.24) is 5.32 Å². The Labute approximate surface area is 104 Å². The molecule has 0 aliphatic carbocycles. The molecule has 0 bridgehead atoms. The van der Waals surface area contributed by atoms with Crippen LogP contribution in [0.3, 0.4) is 0 Å². The van der Waals surface area contributed by atoms with E-state index in [1.165, 1.54) is 12.1 Å². The smallest absolute Gasteiger partial charge is 0.123 e. The average molecular weight is 288 g/mol. The average Bonchev–Trinajstić information content (AvgIpc) is 2.28. The second kappa shape index (κ2) is 7.54. The minimum Gasteiger partial charge on any atom is -0.383 e. The summed E-state index contributed by atoms with van der Waals surface area (Å²) in [4.78, 5) is 0. The Kier molecular flexibility index (Phi) is 6.30. The zero-order valence-electron chi connectivity index (χ0n) is 9.17. The van der Waals surface area contributed by atoms with Gasteiger partial charge in [-0.2, -0.15) is 0 Å². The lowest BCUT2D eigenvalue weighted by Crippen LogP contribution is -2.18. The summed E-state index contributed by atoms with van der Waals surface area (Å²) in [7, 11) is 1.67. The number of hydrogen-bond acceptors (Lipinski definition) is 2. The summed E-state index contributed by atoms with van der Waals surface area (Å²) in [6, 6.07) is 4.63. The highest BCUT2D eigenvalue weighted by atomic mass is 79.9. The first-order chi connectivity index (χ1) is 7.74. The van der Waals surface area contributed by atoms with Gasteiger partial charge in [-0.1, -0.05) is 28.1 Å². The molecular weight excluding hydrogens is 273 g/mol. The highest BCUT2D eigenvalue weighted by Gasteiger charge is 1.97. The molecule has 0 fully saturated rings. The van der Waals surface area contributed by atoms with Gasteiger partial charge in [0.25, 0.3) is 0 Å². The van der Waals surface area contributed by atoms with Crippen molar-refractivity contribution in [2.45, 2.75) is 0 Å². The van der Waals surface area contributed by atoms with E-state index in [1.54, 1.807) is 13.2 Å². The minimum absolute atomic E-state index is 0.227. The number of rotatable bonds is 6. The number of ether oxygens (including phenoxy) is 1. The summed E-state index contributed by atoms with van der Waals surface area (Å²) in [6.07, 6.45) is 3.84. The van der Waals surface area contributed by atoms with Gasteiger partial charge in [0.15, 0.2) is 0 Å². The number of halogens is 2. The van der Waals surface area contributed by atoms with Crippen LogP contribution in [0.15, 0.2) is 28.7 Å². The van der Waals surface area contributed by atoms with E-state index >= 15 is 0 Å². The summed E-state index contributed by atoms with van der Waals surface area (Å²) in [6.45, 7) is 2.25. The maximum Gasteiger partial charge on any atom is 0.123 e. The van der Waals surface area contributed by atoms with Gasteiger partial charge in [-0.15, -0.1) is 0 Å². The molecule has 0 atom stereocenters. The van der Waals surface area contributed by atoms with E-state index in [0.717, 1.165) is 23.1 Å². The summed E-state index contributed by atoms with van der Waals surface area (Å²) >= 11 is 3.37. The van der Waals surface area contributed by atoms with E-state index in [-0.39, 0.29) is 5.82 Å². The molecule has 0 amide bonds. The van der Waals surface area contributed by atoms with Gasteiger partial charge in [0.1, 0.15) is 5.82 Å². The lowest BCUT2D eigenvalue weighted by atomic mass is 10.2. The number of nitrogens with one attached hydrogen (secondary N) is 1. The van der Waals surface area contributed by atoms with Crippen molar-refractivity contribution in [3.63, 3.8) is 0 Å². The van der Waals surface area contributed by atoms with Crippen LogP contribution in [-0.4, -0.2) is 26.8 Å². The highest BCUT2D eigenvalue weighted by Crippen LogP contribution is 2.18. The lowest BCUT2D eigenvalue weighted by molar-refractivity contribution is 0.200. The van der Waals surface area contributed by atoms with Crippen LogP contribution >= 0.6 is 15.9 Å². The molecule has 1 aromatic carbocycles. The van der Waals surface area contributed by atoms with Crippen molar-refractivity contribution in [2.24, 2.45) is 0 Å². The van der Waals surface area contributed by atoms with Crippen LogP contribution in [0.1, 0.15) is 5.56 Å². The second-order valence-corrected chi connectivity index (χ2v) is 4.12. The molecule has 0 radical (unpaired) electrons. The van der Waals surface area contributed by atoms with Crippen LogP contribution in [0.2, 0.25) is 0 Å². The molecule has 0 saturated heterocycles. The Hall–Kier alpha value is -0.710. The fourth-order valence-corrected chi connectivity index (χ4v) is 1.57. The lowest BCUT2D eigenvalue weighted by Gasteiger charge is -2.00. The Bertz CT molecular complexity index is 355. The minimum atomic E-state index is -0.227. The molecular formula is C12H15BrFNO. The molecule has 0 spiro atoms. The molecule has 0 saturated carbocycles. The van der Waals surface area contributed by atoms with Crippen molar-refractivity contribution in [3.05, 3.63) is 40.1 Å². The van der Waals surface area contributed by atoms with Gasteiger partial charge in [-0.25, -0.2) is 4.39 Å². The van der Waals surface area contributed by atoms with E-state index < -0.39 is 0 Å². The van der Waals surface area contributed by atoms with Crippen molar-refractivity contribution < 1.29 is 9.13 Å². The number of benzene rings is 1. The molecule has 0 unspecified atom stereocenters. The summed E-state index contributed by atoms with van der Waals surface area (Å²) in [5.41, 5.74) is 0.841. The molecule has 1 N–H and O–H groups in total. The van der Waals surface area contributed by atoms with Crippen LogP contribution in [0.25, 0.3) is 6.08 Å². The molecule has 1 aromatic rings. The van der Waals surface area contributed by atoms with Gasteiger partial charge in [0, 0.05) is 24.7 Å². The quantitative estimate of drug-likeness (QED) is 0.813. The van der Waals surface area contributed by atoms with Crippen LogP contribution in [0, 0.1) is 5.82 Å². The van der Waals surface area contributed by atoms with Crippen LogP contribution < -0.4 is 5.32 Å². The third-order valence-corrected chi connectivity index (χ3v) is 2.72. The maximum atomic E-state index is 12.9. The highest BCUT2D eigenvalue weighted by molar-refractivity contribution is 9.10. The van der Waals surface area contributed by atoms with Crippen molar-refractivity contribution in [2.75, 3.05) is 26.8 Å². The first-order valence-electron chi connectivity index (χ1n) is 5.05. The fourth-order valence-electron chi connectivity index (χ4n) is 1.19. The molecule has 16 heavy (non-hydrogen) atoms. The summed E-state index contributed by atoms with van der Waals surface area (Å²) in [5, 5.41) is 3.17. The molecule has 2 nitrogen and oxygen atoms in total. The first-order valence-corrected chi connectivity index (χ1v) is 5.84. The molecule has 0 aliphatic rings. The normalized spacial score (nSPS) is 11.2. The molecule has 0 aromatic heterocycles. The SMILES string of the molecule is COCCNC/C=C/c1cc(F)ccc1Br. The van der Waals surface area contributed by atoms with Gasteiger partial charge in [0.2, 0.25) is 0 Å². The Morgan fingerprint density at radius 3 is 3.06 bits per heavy atom. The third kappa shape index (κ3) is 4.88. The number of methoxy groups -OCH3 is 1. The summed E-state index contributed by atoms with van der Waals surface area (Å²) < 4.78 is 18.7. The molecule has 1 rings (SSSR count). The van der Waals surface area contributed by atoms with E-state index in [4.69, 9.17) is 4.74 Å². The molecule has 0 heterocycles. The molecule has 88 valence electrons. The zero-order chi connectivity index (χ0) is 11.8. The Morgan fingerprint density at radius 1 is 1.50 bits per heavy atom. The van der Waals surface area contributed by atoms with Crippen LogP contribution in [0.5, 0.6) is 0 Å². The number of hydrogen-bond donors (Lipinski definition) is 1. The van der Waals surface area contributed by atoms with Gasteiger partial charge >= 0.3 is 0 Å². The molecule has 0 aliphatic heterocycles. The summed E-state index contributed by atoms with van der Waals surface area (Å²) in [5.74, 6) is -0.227. The second-order valence-electron chi connectivity index (χ2n) is 3.27. The monoisotopic (exact) mass is 287 g/mol.